The Hall–Kier alpha value is -0.640. The van der Waals surface area contributed by atoms with Crippen molar-refractivity contribution in [2.45, 2.75) is 30.6 Å². The normalized spacial score (nSPS) is 33.3. The van der Waals surface area contributed by atoms with Crippen LogP contribution in [0, 0.1) is 23.7 Å². The number of nitrogens with zero attached hydrogens (tertiary/aromatic N) is 1. The maximum Gasteiger partial charge on any atom is 0.119 e. The summed E-state index contributed by atoms with van der Waals surface area (Å²) in [6.45, 7) is 2.58. The molecular weight excluding hydrogens is 180 g/mol. The van der Waals surface area contributed by atoms with Gasteiger partial charge in [-0.3, -0.25) is 5.32 Å². The predicted molar refractivity (Wildman–Crippen MR) is 56.3 cm³/mol. The van der Waals surface area contributed by atoms with E-state index in [1.54, 1.807) is 0 Å². The monoisotopic (exact) mass is 194 g/mol. The molecule has 0 bridgehead atoms. The summed E-state index contributed by atoms with van der Waals surface area (Å²) < 4.78 is 0. The Kier molecular flexibility index (Phi) is 3.66. The summed E-state index contributed by atoms with van der Waals surface area (Å²) >= 11 is 1.85. The van der Waals surface area contributed by atoms with Crippen LogP contribution >= 0.6 is 11.8 Å². The van der Waals surface area contributed by atoms with Crippen molar-refractivity contribution in [1.29, 1.82) is 5.26 Å². The van der Waals surface area contributed by atoms with E-state index in [0.29, 0.717) is 11.8 Å². The van der Waals surface area contributed by atoms with Crippen LogP contribution in [0.25, 0.3) is 0 Å². The van der Waals surface area contributed by atoms with E-state index in [9.17, 15) is 0 Å². The molecule has 2 nitrogen and oxygen atoms in total. The highest BCUT2D eigenvalue weighted by atomic mass is 32.2. The first-order valence-corrected chi connectivity index (χ1v) is 5.51. The van der Waals surface area contributed by atoms with Crippen LogP contribution in [0.2, 0.25) is 0 Å². The Labute approximate surface area is 84.1 Å². The molecule has 1 saturated heterocycles. The molecule has 70 valence electrons. The van der Waals surface area contributed by atoms with Gasteiger partial charge in [-0.2, -0.15) is 17.0 Å². The molecule has 0 amide bonds. The van der Waals surface area contributed by atoms with Crippen LogP contribution in [0.3, 0.4) is 0 Å². The van der Waals surface area contributed by atoms with Gasteiger partial charge < -0.3 is 0 Å². The molecule has 1 aliphatic rings. The first kappa shape index (κ1) is 10.4. The molecule has 0 spiro atoms. The molecule has 1 N–H and O–H groups in total. The minimum Gasteiger partial charge on any atom is -0.288 e. The number of hydrogen-bond acceptors (Lipinski definition) is 3. The summed E-state index contributed by atoms with van der Waals surface area (Å²) in [5.74, 6) is 3.68. The standard InChI is InChI=1S/C10H14N2S/c1-3-6-12-10(8-11)5-4-7-13-9(10)2/h1,9,12H,4-7H2,2H3. The third kappa shape index (κ3) is 2.18. The zero-order chi connectivity index (χ0) is 9.73. The topological polar surface area (TPSA) is 35.8 Å². The van der Waals surface area contributed by atoms with Gasteiger partial charge in [0.15, 0.2) is 0 Å². The third-order valence-electron chi connectivity index (χ3n) is 2.48. The van der Waals surface area contributed by atoms with Gasteiger partial charge >= 0.3 is 0 Å². The number of nitrogens with one attached hydrogen (secondary N) is 1. The van der Waals surface area contributed by atoms with E-state index in [0.717, 1.165) is 18.6 Å². The van der Waals surface area contributed by atoms with Gasteiger partial charge in [0.25, 0.3) is 0 Å². The fourth-order valence-corrected chi connectivity index (χ4v) is 2.79. The minimum atomic E-state index is -0.394. The number of terminal acetylenes is 1. The summed E-state index contributed by atoms with van der Waals surface area (Å²) in [7, 11) is 0. The fraction of sp³-hybridized carbons (Fsp3) is 0.700. The quantitative estimate of drug-likeness (QED) is 0.675. The van der Waals surface area contributed by atoms with Gasteiger partial charge in [-0.1, -0.05) is 12.8 Å². The number of thioether (sulfide) groups is 1. The second-order valence-corrected chi connectivity index (χ2v) is 4.71. The SMILES string of the molecule is C#CCNC1(C#N)CCCSC1C. The number of nitriles is 1. The number of hydrogen-bond donors (Lipinski definition) is 1. The van der Waals surface area contributed by atoms with Crippen molar-refractivity contribution in [3.8, 4) is 18.4 Å². The Balaban J connectivity index is 2.67. The van der Waals surface area contributed by atoms with Gasteiger partial charge in [0.1, 0.15) is 5.54 Å². The maximum absolute atomic E-state index is 9.14. The Morgan fingerprint density at radius 1 is 1.77 bits per heavy atom. The van der Waals surface area contributed by atoms with Gasteiger partial charge in [0.05, 0.1) is 12.6 Å². The van der Waals surface area contributed by atoms with E-state index in [-0.39, 0.29) is 0 Å². The fourth-order valence-electron chi connectivity index (χ4n) is 1.58. The Bertz CT molecular complexity index is 251. The van der Waals surface area contributed by atoms with Crippen molar-refractivity contribution < 1.29 is 0 Å². The van der Waals surface area contributed by atoms with Gasteiger partial charge in [0.2, 0.25) is 0 Å². The molecule has 0 saturated carbocycles. The summed E-state index contributed by atoms with van der Waals surface area (Å²) in [5, 5.41) is 12.6. The molecule has 0 aromatic carbocycles. The van der Waals surface area contributed by atoms with E-state index >= 15 is 0 Å². The van der Waals surface area contributed by atoms with Crippen molar-refractivity contribution in [3.63, 3.8) is 0 Å². The molecule has 2 unspecified atom stereocenters. The minimum absolute atomic E-state index is 0.333. The molecule has 0 radical (unpaired) electrons. The zero-order valence-electron chi connectivity index (χ0n) is 7.84. The van der Waals surface area contributed by atoms with E-state index < -0.39 is 5.54 Å². The molecule has 0 aromatic heterocycles. The van der Waals surface area contributed by atoms with Crippen LogP contribution in [0.5, 0.6) is 0 Å². The van der Waals surface area contributed by atoms with Crippen LogP contribution in [-0.2, 0) is 0 Å². The molecule has 0 aromatic rings. The van der Waals surface area contributed by atoms with Crippen LogP contribution in [0.1, 0.15) is 19.8 Å². The molecule has 1 heterocycles. The van der Waals surface area contributed by atoms with Gasteiger partial charge in [0, 0.05) is 5.25 Å². The molecule has 1 rings (SSSR count). The second-order valence-electron chi connectivity index (χ2n) is 3.26. The maximum atomic E-state index is 9.14. The summed E-state index contributed by atoms with van der Waals surface area (Å²) in [6.07, 6.45) is 7.19. The highest BCUT2D eigenvalue weighted by Gasteiger charge is 2.38. The Morgan fingerprint density at radius 2 is 2.54 bits per heavy atom. The molecule has 2 atom stereocenters. The van der Waals surface area contributed by atoms with Crippen molar-refractivity contribution in [2.24, 2.45) is 0 Å². The Morgan fingerprint density at radius 3 is 3.08 bits per heavy atom. The van der Waals surface area contributed by atoms with Crippen molar-refractivity contribution in [1.82, 2.24) is 5.32 Å². The van der Waals surface area contributed by atoms with E-state index in [4.69, 9.17) is 11.7 Å². The highest BCUT2D eigenvalue weighted by molar-refractivity contribution is 8.00. The van der Waals surface area contributed by atoms with Crippen molar-refractivity contribution in [3.05, 3.63) is 0 Å². The van der Waals surface area contributed by atoms with Gasteiger partial charge in [-0.25, -0.2) is 0 Å². The van der Waals surface area contributed by atoms with Crippen LogP contribution < -0.4 is 5.32 Å². The molecule has 3 heteroatoms. The van der Waals surface area contributed by atoms with Crippen molar-refractivity contribution >= 4 is 11.8 Å². The number of rotatable bonds is 2. The van der Waals surface area contributed by atoms with E-state index in [1.807, 2.05) is 11.8 Å². The predicted octanol–water partition coefficient (Wildman–Crippen LogP) is 1.39. The van der Waals surface area contributed by atoms with Gasteiger partial charge in [-0.05, 0) is 18.6 Å². The van der Waals surface area contributed by atoms with Crippen LogP contribution in [0.4, 0.5) is 0 Å². The third-order valence-corrected chi connectivity index (χ3v) is 3.91. The highest BCUT2D eigenvalue weighted by Crippen LogP contribution is 2.33. The lowest BCUT2D eigenvalue weighted by molar-refractivity contribution is 0.388. The first-order chi connectivity index (χ1) is 6.25. The van der Waals surface area contributed by atoms with Crippen LogP contribution in [0.15, 0.2) is 0 Å². The summed E-state index contributed by atoms with van der Waals surface area (Å²) in [5.41, 5.74) is -0.394. The van der Waals surface area contributed by atoms with Crippen LogP contribution in [-0.4, -0.2) is 23.1 Å². The average molecular weight is 194 g/mol. The molecule has 0 aliphatic carbocycles. The molecule has 1 aliphatic heterocycles. The van der Waals surface area contributed by atoms with E-state index in [1.165, 1.54) is 0 Å². The smallest absolute Gasteiger partial charge is 0.119 e. The lowest BCUT2D eigenvalue weighted by Crippen LogP contribution is -2.53. The average Bonchev–Trinajstić information content (AvgIpc) is 2.17. The van der Waals surface area contributed by atoms with Gasteiger partial charge in [-0.15, -0.1) is 6.42 Å². The molecular formula is C10H14N2S. The van der Waals surface area contributed by atoms with Crippen molar-refractivity contribution in [2.75, 3.05) is 12.3 Å². The lowest BCUT2D eigenvalue weighted by atomic mass is 9.91. The molecule has 13 heavy (non-hydrogen) atoms. The van der Waals surface area contributed by atoms with E-state index in [2.05, 4.69) is 24.2 Å². The largest absolute Gasteiger partial charge is 0.288 e. The summed E-state index contributed by atoms with van der Waals surface area (Å²) in [6, 6.07) is 2.37. The first-order valence-electron chi connectivity index (χ1n) is 4.46. The second kappa shape index (κ2) is 4.56. The zero-order valence-corrected chi connectivity index (χ0v) is 8.66. The summed E-state index contributed by atoms with van der Waals surface area (Å²) in [4.78, 5) is 0. The lowest BCUT2D eigenvalue weighted by Gasteiger charge is -2.36. The molecule has 1 fully saturated rings.